The monoisotopic (exact) mass is 342 g/mol. The van der Waals surface area contributed by atoms with Gasteiger partial charge in [-0.1, -0.05) is 30.3 Å². The van der Waals surface area contributed by atoms with E-state index in [9.17, 15) is 8.42 Å². The number of sulfonamides is 1. The van der Waals surface area contributed by atoms with E-state index in [1.807, 2.05) is 30.3 Å². The van der Waals surface area contributed by atoms with Crippen LogP contribution in [-0.4, -0.2) is 30.8 Å². The predicted molar refractivity (Wildman–Crippen MR) is 91.2 cm³/mol. The zero-order valence-corrected chi connectivity index (χ0v) is 13.9. The summed E-state index contributed by atoms with van der Waals surface area (Å²) in [5.74, 6) is 0.882. The van der Waals surface area contributed by atoms with Crippen molar-refractivity contribution in [2.45, 2.75) is 23.7 Å². The first kappa shape index (κ1) is 15.4. The summed E-state index contributed by atoms with van der Waals surface area (Å²) in [7, 11) is -3.41. The van der Waals surface area contributed by atoms with E-state index in [0.29, 0.717) is 23.9 Å². The van der Waals surface area contributed by atoms with Crippen LogP contribution in [0.3, 0.4) is 0 Å². The number of hydrogen-bond acceptors (Lipinski definition) is 4. The molecule has 2 aromatic carbocycles. The summed E-state index contributed by atoms with van der Waals surface area (Å²) >= 11 is 0. The van der Waals surface area contributed by atoms with E-state index < -0.39 is 10.0 Å². The molecule has 2 heterocycles. The van der Waals surface area contributed by atoms with Crippen molar-refractivity contribution in [3.8, 4) is 0 Å². The lowest BCUT2D eigenvalue weighted by Crippen LogP contribution is -2.37. The number of oxazole rings is 1. The Labute approximate surface area is 141 Å². The normalized spacial score (nSPS) is 17.3. The molecule has 1 fully saturated rings. The van der Waals surface area contributed by atoms with Crippen LogP contribution in [0.15, 0.2) is 63.9 Å². The van der Waals surface area contributed by atoms with Crippen molar-refractivity contribution in [1.82, 2.24) is 9.29 Å². The van der Waals surface area contributed by atoms with Crippen LogP contribution in [-0.2, 0) is 10.0 Å². The second-order valence-corrected chi connectivity index (χ2v) is 7.95. The first-order valence-electron chi connectivity index (χ1n) is 8.05. The molecule has 0 amide bonds. The van der Waals surface area contributed by atoms with Gasteiger partial charge in [-0.3, -0.25) is 0 Å². The number of piperidine rings is 1. The molecule has 0 saturated carbocycles. The van der Waals surface area contributed by atoms with E-state index >= 15 is 0 Å². The molecule has 4 rings (SSSR count). The van der Waals surface area contributed by atoms with Crippen LogP contribution in [0, 0.1) is 0 Å². The molecule has 5 nitrogen and oxygen atoms in total. The van der Waals surface area contributed by atoms with Gasteiger partial charge in [-0.15, -0.1) is 0 Å². The molecule has 6 heteroatoms. The van der Waals surface area contributed by atoms with Gasteiger partial charge in [0.2, 0.25) is 10.0 Å². The Hall–Kier alpha value is -2.18. The van der Waals surface area contributed by atoms with Crippen molar-refractivity contribution in [3.05, 3.63) is 60.5 Å². The number of hydrogen-bond donors (Lipinski definition) is 0. The van der Waals surface area contributed by atoms with Crippen LogP contribution in [0.25, 0.3) is 11.1 Å². The fourth-order valence-electron chi connectivity index (χ4n) is 3.15. The van der Waals surface area contributed by atoms with E-state index in [1.165, 1.54) is 0 Å². The summed E-state index contributed by atoms with van der Waals surface area (Å²) in [5, 5.41) is 0. The van der Waals surface area contributed by atoms with Crippen molar-refractivity contribution < 1.29 is 12.8 Å². The molecule has 0 N–H and O–H groups in total. The molecule has 1 aromatic heterocycles. The summed E-state index contributed by atoms with van der Waals surface area (Å²) in [5.41, 5.74) is 1.64. The van der Waals surface area contributed by atoms with Gasteiger partial charge < -0.3 is 4.42 Å². The Morgan fingerprint density at radius 1 is 0.958 bits per heavy atom. The highest BCUT2D eigenvalue weighted by Gasteiger charge is 2.31. The first-order chi connectivity index (χ1) is 11.6. The minimum atomic E-state index is -3.41. The maximum Gasteiger partial charge on any atom is 0.243 e. The van der Waals surface area contributed by atoms with E-state index in [-0.39, 0.29) is 5.92 Å². The van der Waals surface area contributed by atoms with E-state index in [4.69, 9.17) is 4.42 Å². The van der Waals surface area contributed by atoms with Gasteiger partial charge in [0.1, 0.15) is 5.52 Å². The molecule has 3 aromatic rings. The van der Waals surface area contributed by atoms with Gasteiger partial charge >= 0.3 is 0 Å². The van der Waals surface area contributed by atoms with Crippen molar-refractivity contribution in [3.63, 3.8) is 0 Å². The standard InChI is InChI=1S/C18H18N2O3S/c21-24(22,15-6-2-1-3-7-15)20-12-10-14(11-13-20)18-19-16-8-4-5-9-17(16)23-18/h1-9,14H,10-13H2. The van der Waals surface area contributed by atoms with Gasteiger partial charge in [-0.05, 0) is 37.1 Å². The quantitative estimate of drug-likeness (QED) is 0.732. The Balaban J connectivity index is 1.50. The SMILES string of the molecule is O=S(=O)(c1ccccc1)N1CCC(c2nc3ccccc3o2)CC1. The molecule has 0 unspecified atom stereocenters. The van der Waals surface area contributed by atoms with Crippen LogP contribution in [0.2, 0.25) is 0 Å². The van der Waals surface area contributed by atoms with Gasteiger partial charge in [0, 0.05) is 19.0 Å². The van der Waals surface area contributed by atoms with Gasteiger partial charge in [0.25, 0.3) is 0 Å². The summed E-state index contributed by atoms with van der Waals surface area (Å²) in [6.07, 6.45) is 1.44. The molecule has 1 aliphatic rings. The average Bonchev–Trinajstić information content (AvgIpc) is 3.07. The zero-order valence-electron chi connectivity index (χ0n) is 13.1. The molecule has 0 bridgehead atoms. The number of benzene rings is 2. The van der Waals surface area contributed by atoms with Gasteiger partial charge in [-0.25, -0.2) is 13.4 Å². The molecule has 0 spiro atoms. The maximum atomic E-state index is 12.7. The lowest BCUT2D eigenvalue weighted by atomic mass is 9.98. The second kappa shape index (κ2) is 6.03. The van der Waals surface area contributed by atoms with E-state index in [2.05, 4.69) is 4.98 Å². The number of rotatable bonds is 3. The molecule has 0 aliphatic carbocycles. The Morgan fingerprint density at radius 3 is 2.33 bits per heavy atom. The largest absolute Gasteiger partial charge is 0.440 e. The molecule has 124 valence electrons. The first-order valence-corrected chi connectivity index (χ1v) is 9.49. The van der Waals surface area contributed by atoms with Gasteiger partial charge in [-0.2, -0.15) is 4.31 Å². The highest BCUT2D eigenvalue weighted by molar-refractivity contribution is 7.89. The average molecular weight is 342 g/mol. The van der Waals surface area contributed by atoms with E-state index in [1.54, 1.807) is 28.6 Å². The van der Waals surface area contributed by atoms with Crippen molar-refractivity contribution in [2.24, 2.45) is 0 Å². The number of aromatic nitrogens is 1. The fourth-order valence-corrected chi connectivity index (χ4v) is 4.64. The Kier molecular flexibility index (Phi) is 3.86. The fraction of sp³-hybridized carbons (Fsp3) is 0.278. The lowest BCUT2D eigenvalue weighted by Gasteiger charge is -2.29. The molecule has 0 atom stereocenters. The van der Waals surface area contributed by atoms with Crippen LogP contribution in [0.1, 0.15) is 24.7 Å². The van der Waals surface area contributed by atoms with Gasteiger partial charge in [0.15, 0.2) is 11.5 Å². The highest BCUT2D eigenvalue weighted by Crippen LogP contribution is 2.31. The summed E-state index contributed by atoms with van der Waals surface area (Å²) in [6.45, 7) is 0.973. The minimum absolute atomic E-state index is 0.166. The summed E-state index contributed by atoms with van der Waals surface area (Å²) < 4.78 is 32.7. The van der Waals surface area contributed by atoms with E-state index in [0.717, 1.165) is 23.9 Å². The Morgan fingerprint density at radius 2 is 1.62 bits per heavy atom. The topological polar surface area (TPSA) is 63.4 Å². The lowest BCUT2D eigenvalue weighted by molar-refractivity contribution is 0.293. The third-order valence-electron chi connectivity index (χ3n) is 4.49. The van der Waals surface area contributed by atoms with Crippen molar-refractivity contribution in [1.29, 1.82) is 0 Å². The van der Waals surface area contributed by atoms with Crippen molar-refractivity contribution in [2.75, 3.05) is 13.1 Å². The number of para-hydroxylation sites is 2. The summed E-state index contributed by atoms with van der Waals surface area (Å²) in [4.78, 5) is 4.90. The third kappa shape index (κ3) is 2.72. The van der Waals surface area contributed by atoms with Crippen LogP contribution < -0.4 is 0 Å². The molecule has 24 heavy (non-hydrogen) atoms. The molecular formula is C18H18N2O3S. The highest BCUT2D eigenvalue weighted by atomic mass is 32.2. The second-order valence-electron chi connectivity index (χ2n) is 6.01. The zero-order chi connectivity index (χ0) is 16.6. The predicted octanol–water partition coefficient (Wildman–Crippen LogP) is 3.40. The summed E-state index contributed by atoms with van der Waals surface area (Å²) in [6, 6.07) is 16.3. The van der Waals surface area contributed by atoms with Gasteiger partial charge in [0.05, 0.1) is 4.90 Å². The number of fused-ring (bicyclic) bond motifs is 1. The molecule has 1 saturated heterocycles. The molecule has 1 aliphatic heterocycles. The molecular weight excluding hydrogens is 324 g/mol. The Bertz CT molecular complexity index is 910. The van der Waals surface area contributed by atoms with Crippen LogP contribution in [0.4, 0.5) is 0 Å². The number of nitrogens with zero attached hydrogens (tertiary/aromatic N) is 2. The van der Waals surface area contributed by atoms with Crippen LogP contribution in [0.5, 0.6) is 0 Å². The third-order valence-corrected chi connectivity index (χ3v) is 6.41. The minimum Gasteiger partial charge on any atom is -0.440 e. The maximum absolute atomic E-state index is 12.7. The van der Waals surface area contributed by atoms with Crippen molar-refractivity contribution >= 4 is 21.1 Å². The van der Waals surface area contributed by atoms with Crippen LogP contribution >= 0.6 is 0 Å². The smallest absolute Gasteiger partial charge is 0.243 e. The molecule has 0 radical (unpaired) electrons.